The van der Waals surface area contributed by atoms with Crippen LogP contribution in [0.25, 0.3) is 11.3 Å². The average molecular weight is 466 g/mol. The summed E-state index contributed by atoms with van der Waals surface area (Å²) in [6.45, 7) is 1.10. The van der Waals surface area contributed by atoms with Crippen molar-refractivity contribution in [1.29, 1.82) is 0 Å². The van der Waals surface area contributed by atoms with Gasteiger partial charge in [-0.3, -0.25) is 4.79 Å². The molecule has 2 aromatic heterocycles. The van der Waals surface area contributed by atoms with E-state index in [4.69, 9.17) is 20.5 Å². The van der Waals surface area contributed by atoms with Gasteiger partial charge in [-0.15, -0.1) is 0 Å². The van der Waals surface area contributed by atoms with Gasteiger partial charge in [0.2, 0.25) is 5.76 Å². The fourth-order valence-electron chi connectivity index (χ4n) is 4.08. The van der Waals surface area contributed by atoms with Gasteiger partial charge in [0.15, 0.2) is 5.89 Å². The van der Waals surface area contributed by atoms with Gasteiger partial charge < -0.3 is 13.8 Å². The van der Waals surface area contributed by atoms with Crippen molar-refractivity contribution in [1.82, 2.24) is 15.0 Å². The van der Waals surface area contributed by atoms with Crippen LogP contribution in [-0.2, 0) is 6.42 Å². The Balaban J connectivity index is 1.26. The quantitative estimate of drug-likeness (QED) is 0.376. The van der Waals surface area contributed by atoms with E-state index in [0.717, 1.165) is 24.2 Å². The Morgan fingerprint density at radius 2 is 2.03 bits per heavy atom. The van der Waals surface area contributed by atoms with E-state index in [1.807, 2.05) is 24.3 Å². The lowest BCUT2D eigenvalue weighted by Gasteiger charge is -2.30. The lowest BCUT2D eigenvalue weighted by Crippen LogP contribution is -2.39. The van der Waals surface area contributed by atoms with E-state index < -0.39 is 0 Å². The molecule has 1 saturated heterocycles. The summed E-state index contributed by atoms with van der Waals surface area (Å²) in [7, 11) is 0. The van der Waals surface area contributed by atoms with E-state index in [0.29, 0.717) is 41.7 Å². The molecule has 1 unspecified atom stereocenters. The number of halogens is 2. The highest BCUT2D eigenvalue weighted by Gasteiger charge is 2.30. The van der Waals surface area contributed by atoms with Gasteiger partial charge in [0.05, 0.1) is 12.1 Å². The summed E-state index contributed by atoms with van der Waals surface area (Å²) in [6, 6.07) is 15.2. The second kappa shape index (κ2) is 9.19. The van der Waals surface area contributed by atoms with Crippen molar-refractivity contribution in [2.75, 3.05) is 13.1 Å². The Bertz CT molecular complexity index is 1270. The monoisotopic (exact) mass is 465 g/mol. The van der Waals surface area contributed by atoms with Crippen LogP contribution in [0.4, 0.5) is 4.39 Å². The maximum atomic E-state index is 13.5. The summed E-state index contributed by atoms with van der Waals surface area (Å²) >= 11 is 5.95. The van der Waals surface area contributed by atoms with Gasteiger partial charge in [0.25, 0.3) is 5.91 Å². The molecule has 0 radical (unpaired) electrons. The van der Waals surface area contributed by atoms with Crippen LogP contribution >= 0.6 is 11.6 Å². The second-order valence-corrected chi connectivity index (χ2v) is 8.58. The van der Waals surface area contributed by atoms with Crippen molar-refractivity contribution in [3.05, 3.63) is 94.6 Å². The van der Waals surface area contributed by atoms with Gasteiger partial charge in [-0.25, -0.2) is 9.37 Å². The van der Waals surface area contributed by atoms with Crippen LogP contribution in [0.2, 0.25) is 5.02 Å². The van der Waals surface area contributed by atoms with Crippen molar-refractivity contribution in [3.8, 4) is 11.3 Å². The van der Waals surface area contributed by atoms with Crippen LogP contribution < -0.4 is 0 Å². The molecule has 1 aliphatic rings. The maximum Gasteiger partial charge on any atom is 0.292 e. The molecule has 33 heavy (non-hydrogen) atoms. The molecule has 0 bridgehead atoms. The molecular formula is C25H21ClFN3O3. The molecular weight excluding hydrogens is 445 g/mol. The van der Waals surface area contributed by atoms with Gasteiger partial charge in [0.1, 0.15) is 17.3 Å². The zero-order valence-electron chi connectivity index (χ0n) is 17.7. The fourth-order valence-corrected chi connectivity index (χ4v) is 4.20. The van der Waals surface area contributed by atoms with Crippen LogP contribution in [0.15, 0.2) is 69.7 Å². The molecule has 0 N–H and O–H groups in total. The largest absolute Gasteiger partial charge is 0.445 e. The molecule has 1 fully saturated rings. The lowest BCUT2D eigenvalue weighted by atomic mass is 9.98. The minimum atomic E-state index is -0.372. The van der Waals surface area contributed by atoms with E-state index in [1.54, 1.807) is 29.3 Å². The highest BCUT2D eigenvalue weighted by molar-refractivity contribution is 6.30. The minimum absolute atomic E-state index is 0.00674. The number of oxazole rings is 1. The summed E-state index contributed by atoms with van der Waals surface area (Å²) in [5.74, 6) is 0.921. The Kier molecular flexibility index (Phi) is 5.96. The Hall–Kier alpha value is -3.45. The van der Waals surface area contributed by atoms with Crippen LogP contribution in [0, 0.1) is 5.82 Å². The predicted molar refractivity (Wildman–Crippen MR) is 121 cm³/mol. The zero-order valence-corrected chi connectivity index (χ0v) is 18.5. The zero-order chi connectivity index (χ0) is 22.8. The smallest absolute Gasteiger partial charge is 0.292 e. The SMILES string of the molecule is O=C(c1cc(-c2cccc(F)c2)no1)N1CCCC(c2ncc(Cc3ccc(Cl)cc3)o2)C1. The molecule has 6 nitrogen and oxygen atoms in total. The lowest BCUT2D eigenvalue weighted by molar-refractivity contribution is 0.0656. The predicted octanol–water partition coefficient (Wildman–Crippen LogP) is 5.73. The first-order valence-corrected chi connectivity index (χ1v) is 11.1. The van der Waals surface area contributed by atoms with E-state index in [9.17, 15) is 9.18 Å². The molecule has 0 aliphatic carbocycles. The number of amides is 1. The van der Waals surface area contributed by atoms with Crippen LogP contribution in [0.1, 0.15) is 46.5 Å². The number of likely N-dealkylation sites (tertiary alicyclic amines) is 1. The van der Waals surface area contributed by atoms with E-state index in [1.165, 1.54) is 12.1 Å². The first-order chi connectivity index (χ1) is 16.0. The Labute approximate surface area is 195 Å². The normalized spacial score (nSPS) is 16.2. The summed E-state index contributed by atoms with van der Waals surface area (Å²) in [6.07, 6.45) is 4.08. The van der Waals surface area contributed by atoms with Crippen molar-refractivity contribution in [2.45, 2.75) is 25.2 Å². The summed E-state index contributed by atoms with van der Waals surface area (Å²) < 4.78 is 24.8. The van der Waals surface area contributed by atoms with E-state index >= 15 is 0 Å². The Morgan fingerprint density at radius 1 is 1.18 bits per heavy atom. The number of nitrogens with zero attached hydrogens (tertiary/aromatic N) is 3. The number of benzene rings is 2. The van der Waals surface area contributed by atoms with Gasteiger partial charge in [-0.1, -0.05) is 41.0 Å². The number of piperidine rings is 1. The first-order valence-electron chi connectivity index (χ1n) is 10.8. The molecule has 0 spiro atoms. The number of aromatic nitrogens is 2. The molecule has 2 aromatic carbocycles. The fraction of sp³-hybridized carbons (Fsp3) is 0.240. The molecule has 3 heterocycles. The minimum Gasteiger partial charge on any atom is -0.445 e. The van der Waals surface area contributed by atoms with Gasteiger partial charge >= 0.3 is 0 Å². The number of rotatable bonds is 5. The van der Waals surface area contributed by atoms with Gasteiger partial charge in [0, 0.05) is 36.2 Å². The number of carbonyl (C=O) groups excluding carboxylic acids is 1. The summed E-state index contributed by atoms with van der Waals surface area (Å²) in [5, 5.41) is 4.63. The van der Waals surface area contributed by atoms with Gasteiger partial charge in [-0.2, -0.15) is 0 Å². The molecule has 168 valence electrons. The van der Waals surface area contributed by atoms with E-state index in [-0.39, 0.29) is 23.4 Å². The molecule has 8 heteroatoms. The highest BCUT2D eigenvalue weighted by atomic mass is 35.5. The summed E-state index contributed by atoms with van der Waals surface area (Å²) in [4.78, 5) is 19.2. The molecule has 5 rings (SSSR count). The molecule has 1 aliphatic heterocycles. The van der Waals surface area contributed by atoms with Crippen molar-refractivity contribution >= 4 is 17.5 Å². The molecule has 0 saturated carbocycles. The first kappa shape index (κ1) is 21.4. The molecule has 4 aromatic rings. The third-order valence-electron chi connectivity index (χ3n) is 5.76. The third-order valence-corrected chi connectivity index (χ3v) is 6.01. The number of carbonyl (C=O) groups is 1. The Morgan fingerprint density at radius 3 is 2.85 bits per heavy atom. The van der Waals surface area contributed by atoms with E-state index in [2.05, 4.69) is 10.1 Å². The standard InChI is InChI=1S/C25H21ClFN3O3/c26-19-8-6-16(7-9-19)11-21-14-28-24(32-21)18-4-2-10-30(15-18)25(31)23-13-22(29-33-23)17-3-1-5-20(27)12-17/h1,3,5-9,12-14,18H,2,4,10-11,15H2. The van der Waals surface area contributed by atoms with Crippen molar-refractivity contribution < 1.29 is 18.1 Å². The average Bonchev–Trinajstić information content (AvgIpc) is 3.51. The highest BCUT2D eigenvalue weighted by Crippen LogP contribution is 2.29. The maximum absolute atomic E-state index is 13.5. The summed E-state index contributed by atoms with van der Waals surface area (Å²) in [5.41, 5.74) is 2.07. The van der Waals surface area contributed by atoms with Crippen LogP contribution in [0.5, 0.6) is 0 Å². The molecule has 1 amide bonds. The van der Waals surface area contributed by atoms with Gasteiger partial charge in [-0.05, 0) is 42.7 Å². The third kappa shape index (κ3) is 4.83. The molecule has 1 atom stereocenters. The number of hydrogen-bond acceptors (Lipinski definition) is 5. The number of hydrogen-bond donors (Lipinski definition) is 0. The van der Waals surface area contributed by atoms with Crippen molar-refractivity contribution in [3.63, 3.8) is 0 Å². The topological polar surface area (TPSA) is 72.4 Å². The van der Waals surface area contributed by atoms with Crippen LogP contribution in [-0.4, -0.2) is 34.0 Å². The van der Waals surface area contributed by atoms with Crippen molar-refractivity contribution in [2.24, 2.45) is 0 Å². The second-order valence-electron chi connectivity index (χ2n) is 8.15. The van der Waals surface area contributed by atoms with Crippen LogP contribution in [0.3, 0.4) is 0 Å².